The number of hydrogen-bond donors (Lipinski definition) is 0. The second kappa shape index (κ2) is 7.18. The maximum atomic E-state index is 13.5. The first kappa shape index (κ1) is 18.7. The molecule has 1 amide bonds. The number of fused-ring (bicyclic) bond motifs is 2. The summed E-state index contributed by atoms with van der Waals surface area (Å²) < 4.78 is 20.2. The van der Waals surface area contributed by atoms with E-state index in [0.717, 1.165) is 10.0 Å². The summed E-state index contributed by atoms with van der Waals surface area (Å²) in [6, 6.07) is 13.8. The molecule has 1 atom stereocenters. The van der Waals surface area contributed by atoms with Gasteiger partial charge in [-0.15, -0.1) is 0 Å². The quantitative estimate of drug-likeness (QED) is 0.435. The van der Waals surface area contributed by atoms with E-state index in [1.807, 2.05) is 6.07 Å². The highest BCUT2D eigenvalue weighted by Crippen LogP contribution is 2.39. The lowest BCUT2D eigenvalue weighted by Gasteiger charge is -2.25. The van der Waals surface area contributed by atoms with Crippen molar-refractivity contribution in [2.75, 3.05) is 0 Å². The Labute approximate surface area is 178 Å². The number of carbonyl (C=O) groups excluding carboxylic acids is 1. The largest absolute Gasteiger partial charge is 0.450 e. The Morgan fingerprint density at radius 2 is 1.90 bits per heavy atom. The highest BCUT2D eigenvalue weighted by Gasteiger charge is 2.42. The number of amides is 1. The molecule has 148 valence electrons. The molecule has 0 bridgehead atoms. The van der Waals surface area contributed by atoms with Crippen molar-refractivity contribution in [3.63, 3.8) is 0 Å². The summed E-state index contributed by atoms with van der Waals surface area (Å²) >= 11 is 3.38. The first-order valence-corrected chi connectivity index (χ1v) is 10.0. The van der Waals surface area contributed by atoms with Gasteiger partial charge in [0.1, 0.15) is 11.4 Å². The van der Waals surface area contributed by atoms with Crippen molar-refractivity contribution in [1.29, 1.82) is 0 Å². The number of benzene rings is 2. The predicted octanol–water partition coefficient (Wildman–Crippen LogP) is 4.84. The van der Waals surface area contributed by atoms with Crippen molar-refractivity contribution >= 4 is 32.8 Å². The molecule has 1 unspecified atom stereocenters. The Hall–Kier alpha value is -3.32. The van der Waals surface area contributed by atoms with Gasteiger partial charge in [0.25, 0.3) is 5.91 Å². The van der Waals surface area contributed by atoms with Gasteiger partial charge in [-0.25, -0.2) is 4.39 Å². The Bertz CT molecular complexity index is 1340. The van der Waals surface area contributed by atoms with Crippen LogP contribution >= 0.6 is 15.9 Å². The highest BCUT2D eigenvalue weighted by molar-refractivity contribution is 9.10. The van der Waals surface area contributed by atoms with Gasteiger partial charge >= 0.3 is 0 Å². The molecule has 0 spiro atoms. The molecule has 4 aromatic rings. The van der Waals surface area contributed by atoms with Crippen LogP contribution in [0.4, 0.5) is 4.39 Å². The monoisotopic (exact) mass is 464 g/mol. The molecule has 30 heavy (non-hydrogen) atoms. The van der Waals surface area contributed by atoms with Gasteiger partial charge in [0.2, 0.25) is 5.76 Å². The van der Waals surface area contributed by atoms with E-state index in [9.17, 15) is 14.0 Å². The number of nitrogens with zero attached hydrogens (tertiary/aromatic N) is 2. The molecule has 1 aliphatic rings. The minimum Gasteiger partial charge on any atom is -0.450 e. The maximum Gasteiger partial charge on any atom is 0.291 e. The van der Waals surface area contributed by atoms with Crippen LogP contribution in [0.15, 0.2) is 80.7 Å². The van der Waals surface area contributed by atoms with Crippen LogP contribution in [0.2, 0.25) is 0 Å². The molecule has 5 rings (SSSR count). The number of halogens is 2. The van der Waals surface area contributed by atoms with E-state index in [0.29, 0.717) is 16.5 Å². The standard InChI is InChI=1S/C23H14BrFN2O3/c24-15-5-8-18-17(10-15)21(28)19-20(14-3-6-16(25)7-4-14)27(23(29)22(19)30-18)12-13-2-1-9-26-11-13/h1-11,20H,12H2. The number of aromatic nitrogens is 1. The van der Waals surface area contributed by atoms with Crippen molar-refractivity contribution in [2.24, 2.45) is 0 Å². The van der Waals surface area contributed by atoms with Crippen LogP contribution < -0.4 is 5.43 Å². The van der Waals surface area contributed by atoms with Gasteiger partial charge in [-0.05, 0) is 47.5 Å². The summed E-state index contributed by atoms with van der Waals surface area (Å²) in [5, 5.41) is 0.381. The van der Waals surface area contributed by atoms with Crippen LogP contribution in [-0.4, -0.2) is 15.8 Å². The zero-order valence-electron chi connectivity index (χ0n) is 15.5. The third-order valence-corrected chi connectivity index (χ3v) is 5.68. The van der Waals surface area contributed by atoms with Crippen LogP contribution in [0.5, 0.6) is 0 Å². The smallest absolute Gasteiger partial charge is 0.291 e. The van der Waals surface area contributed by atoms with E-state index in [1.54, 1.807) is 53.7 Å². The van der Waals surface area contributed by atoms with Crippen LogP contribution in [0.1, 0.15) is 33.3 Å². The third-order valence-electron chi connectivity index (χ3n) is 5.19. The Morgan fingerprint density at radius 1 is 1.10 bits per heavy atom. The van der Waals surface area contributed by atoms with Crippen molar-refractivity contribution in [2.45, 2.75) is 12.6 Å². The first-order valence-electron chi connectivity index (χ1n) is 9.24. The van der Waals surface area contributed by atoms with Crippen LogP contribution in [0, 0.1) is 5.82 Å². The number of carbonyl (C=O) groups is 1. The fourth-order valence-corrected chi connectivity index (χ4v) is 4.20. The summed E-state index contributed by atoms with van der Waals surface area (Å²) in [6.07, 6.45) is 3.32. The molecule has 7 heteroatoms. The SMILES string of the molecule is O=C1c2oc3ccc(Br)cc3c(=O)c2C(c2ccc(F)cc2)N1Cc1cccnc1. The van der Waals surface area contributed by atoms with Gasteiger partial charge in [0.05, 0.1) is 17.0 Å². The number of rotatable bonds is 3. The van der Waals surface area contributed by atoms with Crippen molar-refractivity contribution in [3.05, 3.63) is 110 Å². The van der Waals surface area contributed by atoms with E-state index in [2.05, 4.69) is 20.9 Å². The second-order valence-electron chi connectivity index (χ2n) is 7.06. The van der Waals surface area contributed by atoms with Gasteiger partial charge in [0, 0.05) is 23.4 Å². The predicted molar refractivity (Wildman–Crippen MR) is 113 cm³/mol. The second-order valence-corrected chi connectivity index (χ2v) is 7.98. The molecule has 0 saturated heterocycles. The molecule has 0 N–H and O–H groups in total. The van der Waals surface area contributed by atoms with Gasteiger partial charge in [0.15, 0.2) is 5.43 Å². The molecular weight excluding hydrogens is 451 g/mol. The van der Waals surface area contributed by atoms with Gasteiger partial charge in [-0.2, -0.15) is 0 Å². The van der Waals surface area contributed by atoms with Crippen molar-refractivity contribution in [3.8, 4) is 0 Å². The molecule has 2 aromatic carbocycles. The molecule has 2 aromatic heterocycles. The average molecular weight is 465 g/mol. The normalized spacial score (nSPS) is 15.6. The lowest BCUT2D eigenvalue weighted by atomic mass is 9.98. The molecule has 5 nitrogen and oxygen atoms in total. The molecule has 1 aliphatic heterocycles. The minimum absolute atomic E-state index is 0.0213. The lowest BCUT2D eigenvalue weighted by Crippen LogP contribution is -2.29. The minimum atomic E-state index is -0.687. The fraction of sp³-hybridized carbons (Fsp3) is 0.0870. The summed E-state index contributed by atoms with van der Waals surface area (Å²) in [5.41, 5.74) is 1.78. The Morgan fingerprint density at radius 3 is 2.63 bits per heavy atom. The van der Waals surface area contributed by atoms with Crippen molar-refractivity contribution in [1.82, 2.24) is 9.88 Å². The van der Waals surface area contributed by atoms with E-state index in [-0.39, 0.29) is 29.2 Å². The highest BCUT2D eigenvalue weighted by atomic mass is 79.9. The lowest BCUT2D eigenvalue weighted by molar-refractivity contribution is 0.0714. The Kier molecular flexibility index (Phi) is 4.47. The van der Waals surface area contributed by atoms with E-state index >= 15 is 0 Å². The maximum absolute atomic E-state index is 13.5. The summed E-state index contributed by atoms with van der Waals surface area (Å²) in [5.74, 6) is -0.755. The summed E-state index contributed by atoms with van der Waals surface area (Å²) in [7, 11) is 0. The van der Waals surface area contributed by atoms with E-state index < -0.39 is 11.9 Å². The average Bonchev–Trinajstić information content (AvgIpc) is 3.02. The van der Waals surface area contributed by atoms with E-state index in [4.69, 9.17) is 4.42 Å². The first-order chi connectivity index (χ1) is 14.5. The van der Waals surface area contributed by atoms with Gasteiger partial charge < -0.3 is 9.32 Å². The van der Waals surface area contributed by atoms with Gasteiger partial charge in [-0.3, -0.25) is 14.6 Å². The number of pyridine rings is 1. The molecular formula is C23H14BrFN2O3. The third kappa shape index (κ3) is 3.02. The number of hydrogen-bond acceptors (Lipinski definition) is 4. The topological polar surface area (TPSA) is 63.4 Å². The molecule has 3 heterocycles. The molecule has 0 aliphatic carbocycles. The summed E-state index contributed by atoms with van der Waals surface area (Å²) in [6.45, 7) is 0.235. The van der Waals surface area contributed by atoms with Crippen LogP contribution in [0.25, 0.3) is 11.0 Å². The molecule has 0 saturated carbocycles. The van der Waals surface area contributed by atoms with Gasteiger partial charge in [-0.1, -0.05) is 34.1 Å². The van der Waals surface area contributed by atoms with Crippen LogP contribution in [0.3, 0.4) is 0 Å². The fourth-order valence-electron chi connectivity index (χ4n) is 3.84. The molecule has 0 fully saturated rings. The van der Waals surface area contributed by atoms with E-state index in [1.165, 1.54) is 12.1 Å². The van der Waals surface area contributed by atoms with Crippen molar-refractivity contribution < 1.29 is 13.6 Å². The Balaban J connectivity index is 1.74. The zero-order chi connectivity index (χ0) is 20.8. The molecule has 0 radical (unpaired) electrons. The van der Waals surface area contributed by atoms with Crippen LogP contribution in [-0.2, 0) is 6.54 Å². The zero-order valence-corrected chi connectivity index (χ0v) is 17.1. The summed E-state index contributed by atoms with van der Waals surface area (Å²) in [4.78, 5) is 32.4.